The molecular formula is C13H18N4O3S. The molecule has 8 heteroatoms. The lowest BCUT2D eigenvalue weighted by molar-refractivity contribution is 0.0691. The third-order valence-electron chi connectivity index (χ3n) is 4.14. The molecule has 1 aromatic heterocycles. The highest BCUT2D eigenvalue weighted by Gasteiger charge is 2.34. The summed E-state index contributed by atoms with van der Waals surface area (Å²) >= 11 is 1.24. The van der Waals surface area contributed by atoms with E-state index >= 15 is 0 Å². The van der Waals surface area contributed by atoms with Crippen molar-refractivity contribution in [2.45, 2.75) is 25.4 Å². The average molecular weight is 310 g/mol. The molecule has 0 spiro atoms. The van der Waals surface area contributed by atoms with Crippen LogP contribution < -0.4 is 10.6 Å². The Morgan fingerprint density at radius 1 is 1.43 bits per heavy atom. The minimum Gasteiger partial charge on any atom is -0.476 e. The second-order valence-electron chi connectivity index (χ2n) is 5.50. The summed E-state index contributed by atoms with van der Waals surface area (Å²) in [5.74, 6) is -0.464. The Morgan fingerprint density at radius 2 is 2.19 bits per heavy atom. The van der Waals surface area contributed by atoms with Gasteiger partial charge in [-0.05, 0) is 31.8 Å². The van der Waals surface area contributed by atoms with Gasteiger partial charge in [-0.2, -0.15) is 0 Å². The van der Waals surface area contributed by atoms with Crippen molar-refractivity contribution in [3.8, 4) is 0 Å². The SMILES string of the molecule is O=C(NCc1nc(C(=O)O)cs1)NC1CN2CCC1CC2. The fourth-order valence-electron chi connectivity index (χ4n) is 2.99. The molecule has 114 valence electrons. The zero-order valence-electron chi connectivity index (χ0n) is 11.5. The lowest BCUT2D eigenvalue weighted by Gasteiger charge is -2.44. The van der Waals surface area contributed by atoms with E-state index in [1.54, 1.807) is 0 Å². The molecule has 0 saturated carbocycles. The third-order valence-corrected chi connectivity index (χ3v) is 4.99. The smallest absolute Gasteiger partial charge is 0.355 e. The summed E-state index contributed by atoms with van der Waals surface area (Å²) in [6, 6.07) is 0.0131. The highest BCUT2D eigenvalue weighted by Crippen LogP contribution is 2.27. The van der Waals surface area contributed by atoms with Crippen molar-refractivity contribution in [2.75, 3.05) is 19.6 Å². The van der Waals surface area contributed by atoms with Crippen LogP contribution in [0.25, 0.3) is 0 Å². The van der Waals surface area contributed by atoms with Gasteiger partial charge in [-0.25, -0.2) is 14.6 Å². The first kappa shape index (κ1) is 14.3. The number of carboxylic acid groups (broad SMARTS) is 1. The Morgan fingerprint density at radius 3 is 2.76 bits per heavy atom. The topological polar surface area (TPSA) is 94.6 Å². The molecule has 1 unspecified atom stereocenters. The third kappa shape index (κ3) is 3.33. The molecule has 0 aromatic carbocycles. The fraction of sp³-hybridized carbons (Fsp3) is 0.615. The van der Waals surface area contributed by atoms with Crippen LogP contribution in [0.4, 0.5) is 4.79 Å². The summed E-state index contributed by atoms with van der Waals surface area (Å²) in [7, 11) is 0. The first-order valence-corrected chi connectivity index (χ1v) is 7.94. The van der Waals surface area contributed by atoms with Crippen LogP contribution >= 0.6 is 11.3 Å². The molecule has 2 amide bonds. The number of piperidine rings is 3. The monoisotopic (exact) mass is 310 g/mol. The molecule has 3 aliphatic rings. The van der Waals surface area contributed by atoms with Crippen LogP contribution in [-0.4, -0.2) is 52.7 Å². The number of carboxylic acids is 1. The van der Waals surface area contributed by atoms with Gasteiger partial charge in [0.2, 0.25) is 0 Å². The summed E-state index contributed by atoms with van der Waals surface area (Å²) in [5, 5.41) is 16.6. The van der Waals surface area contributed by atoms with Crippen LogP contribution in [0.3, 0.4) is 0 Å². The number of thiazole rings is 1. The molecular weight excluding hydrogens is 292 g/mol. The lowest BCUT2D eigenvalue weighted by Crippen LogP contribution is -2.58. The van der Waals surface area contributed by atoms with Crippen molar-refractivity contribution in [1.29, 1.82) is 0 Å². The van der Waals surface area contributed by atoms with E-state index in [1.165, 1.54) is 16.7 Å². The van der Waals surface area contributed by atoms with Crippen molar-refractivity contribution < 1.29 is 14.7 Å². The number of carbonyl (C=O) groups is 2. The molecule has 3 N–H and O–H groups in total. The molecule has 1 atom stereocenters. The van der Waals surface area contributed by atoms with E-state index in [0.717, 1.165) is 32.5 Å². The van der Waals surface area contributed by atoms with Crippen molar-refractivity contribution >= 4 is 23.3 Å². The van der Waals surface area contributed by atoms with Crippen LogP contribution in [0.15, 0.2) is 5.38 Å². The maximum absolute atomic E-state index is 11.9. The first-order valence-electron chi connectivity index (χ1n) is 7.06. The summed E-state index contributed by atoms with van der Waals surface area (Å²) < 4.78 is 0. The standard InChI is InChI=1S/C13H18N4O3S/c18-12(19)10-7-21-11(15-10)5-14-13(20)16-9-6-17-3-1-8(9)2-4-17/h7-9H,1-6H2,(H,18,19)(H2,14,16,20). The normalized spacial score (nSPS) is 27.3. The van der Waals surface area contributed by atoms with Crippen LogP contribution in [0.2, 0.25) is 0 Å². The first-order chi connectivity index (χ1) is 10.1. The van der Waals surface area contributed by atoms with Crippen molar-refractivity contribution in [1.82, 2.24) is 20.5 Å². The second kappa shape index (κ2) is 5.98. The molecule has 3 aliphatic heterocycles. The molecule has 7 nitrogen and oxygen atoms in total. The van der Waals surface area contributed by atoms with Gasteiger partial charge < -0.3 is 20.6 Å². The number of aromatic carboxylic acids is 1. The lowest BCUT2D eigenvalue weighted by atomic mass is 9.84. The summed E-state index contributed by atoms with van der Waals surface area (Å²) in [6.07, 6.45) is 2.30. The molecule has 4 heterocycles. The van der Waals surface area contributed by atoms with Crippen LogP contribution in [0, 0.1) is 5.92 Å². The summed E-state index contributed by atoms with van der Waals surface area (Å²) in [6.45, 7) is 3.46. The Kier molecular flexibility index (Phi) is 4.07. The predicted molar refractivity (Wildman–Crippen MR) is 77.4 cm³/mol. The maximum Gasteiger partial charge on any atom is 0.355 e. The zero-order chi connectivity index (χ0) is 14.8. The molecule has 3 fully saturated rings. The van der Waals surface area contributed by atoms with Crippen molar-refractivity contribution in [2.24, 2.45) is 5.92 Å². The number of hydrogen-bond donors (Lipinski definition) is 3. The largest absolute Gasteiger partial charge is 0.476 e. The predicted octanol–water partition coefficient (Wildman–Crippen LogP) is 0.735. The Hall–Kier alpha value is -1.67. The number of nitrogens with zero attached hydrogens (tertiary/aromatic N) is 2. The molecule has 0 aliphatic carbocycles. The fourth-order valence-corrected chi connectivity index (χ4v) is 3.70. The Bertz CT molecular complexity index is 539. The number of nitrogens with one attached hydrogen (secondary N) is 2. The van der Waals surface area contributed by atoms with Gasteiger partial charge in [0, 0.05) is 18.0 Å². The average Bonchev–Trinajstić information content (AvgIpc) is 2.95. The molecule has 2 bridgehead atoms. The number of carbonyl (C=O) groups excluding carboxylic acids is 1. The number of amides is 2. The van der Waals surface area contributed by atoms with Gasteiger partial charge in [0.15, 0.2) is 5.69 Å². The molecule has 1 aromatic rings. The molecule has 3 saturated heterocycles. The molecule has 4 rings (SSSR count). The maximum atomic E-state index is 11.9. The van der Waals surface area contributed by atoms with Crippen molar-refractivity contribution in [3.05, 3.63) is 16.1 Å². The van der Waals surface area contributed by atoms with Crippen LogP contribution in [-0.2, 0) is 6.54 Å². The second-order valence-corrected chi connectivity index (χ2v) is 6.45. The quantitative estimate of drug-likeness (QED) is 0.762. The highest BCUT2D eigenvalue weighted by atomic mass is 32.1. The molecule has 21 heavy (non-hydrogen) atoms. The van der Waals surface area contributed by atoms with E-state index in [1.807, 2.05) is 0 Å². The minimum atomic E-state index is -1.05. The van der Waals surface area contributed by atoms with Gasteiger partial charge in [0.25, 0.3) is 0 Å². The number of rotatable bonds is 4. The van der Waals surface area contributed by atoms with E-state index in [4.69, 9.17) is 5.11 Å². The number of fused-ring (bicyclic) bond motifs is 3. The molecule has 0 radical (unpaired) electrons. The summed E-state index contributed by atoms with van der Waals surface area (Å²) in [5.41, 5.74) is 0.0228. The van der Waals surface area contributed by atoms with Gasteiger partial charge in [-0.3, -0.25) is 0 Å². The minimum absolute atomic E-state index is 0.0228. The van der Waals surface area contributed by atoms with E-state index < -0.39 is 5.97 Å². The Labute approximate surface area is 126 Å². The van der Waals surface area contributed by atoms with Gasteiger partial charge in [-0.1, -0.05) is 0 Å². The summed E-state index contributed by atoms with van der Waals surface area (Å²) in [4.78, 5) is 29.0. The van der Waals surface area contributed by atoms with E-state index in [0.29, 0.717) is 10.9 Å². The van der Waals surface area contributed by atoms with Gasteiger partial charge in [0.05, 0.1) is 6.54 Å². The van der Waals surface area contributed by atoms with E-state index in [2.05, 4.69) is 20.5 Å². The number of aromatic nitrogens is 1. The number of urea groups is 1. The van der Waals surface area contributed by atoms with Gasteiger partial charge >= 0.3 is 12.0 Å². The van der Waals surface area contributed by atoms with E-state index in [-0.39, 0.29) is 24.3 Å². The van der Waals surface area contributed by atoms with Gasteiger partial charge in [0.1, 0.15) is 5.01 Å². The van der Waals surface area contributed by atoms with Crippen molar-refractivity contribution in [3.63, 3.8) is 0 Å². The van der Waals surface area contributed by atoms with Crippen LogP contribution in [0.5, 0.6) is 0 Å². The van der Waals surface area contributed by atoms with Gasteiger partial charge in [-0.15, -0.1) is 11.3 Å². The van der Waals surface area contributed by atoms with Crippen LogP contribution in [0.1, 0.15) is 28.3 Å². The zero-order valence-corrected chi connectivity index (χ0v) is 12.4. The van der Waals surface area contributed by atoms with E-state index in [9.17, 15) is 9.59 Å². The Balaban J connectivity index is 1.47. The number of hydrogen-bond acceptors (Lipinski definition) is 5. The highest BCUT2D eigenvalue weighted by molar-refractivity contribution is 7.09.